The van der Waals surface area contributed by atoms with Crippen LogP contribution in [0.5, 0.6) is 11.5 Å². The largest absolute Gasteiger partial charge is 0.504 e. The first-order chi connectivity index (χ1) is 16.2. The monoisotopic (exact) mass is 502 g/mol. The van der Waals surface area contributed by atoms with E-state index in [9.17, 15) is 29.4 Å². The van der Waals surface area contributed by atoms with Gasteiger partial charge in [0.15, 0.2) is 11.5 Å². The van der Waals surface area contributed by atoms with Crippen LogP contribution in [0.25, 0.3) is 0 Å². The number of H-pyrrole nitrogens is 1. The first kappa shape index (κ1) is 21.7. The number of aromatic nitrogens is 1. The highest BCUT2D eigenvalue weighted by atomic mass is 32.2. The Balaban J connectivity index is 1.46. The Labute approximate surface area is 202 Å². The average molecular weight is 503 g/mol. The molecule has 4 aliphatic rings. The van der Waals surface area contributed by atoms with Gasteiger partial charge in [0.25, 0.3) is 0 Å². The van der Waals surface area contributed by atoms with Crippen molar-refractivity contribution in [2.75, 3.05) is 7.11 Å². The molecule has 0 radical (unpaired) electrons. The minimum Gasteiger partial charge on any atom is -0.504 e. The number of aromatic hydroxyl groups is 1. The molecule has 1 saturated heterocycles. The molecule has 2 aliphatic heterocycles. The fraction of sp³-hybridized carbons (Fsp3) is 0.478. The molecule has 11 heteroatoms. The Morgan fingerprint density at radius 2 is 1.91 bits per heavy atom. The number of aromatic amines is 1. The van der Waals surface area contributed by atoms with Crippen molar-refractivity contribution in [3.8, 4) is 11.5 Å². The molecule has 1 aromatic carbocycles. The second-order valence-corrected chi connectivity index (χ2v) is 11.7. The van der Waals surface area contributed by atoms with Gasteiger partial charge in [-0.15, -0.1) is 11.8 Å². The van der Waals surface area contributed by atoms with Gasteiger partial charge in [-0.05, 0) is 48.8 Å². The Morgan fingerprint density at radius 1 is 1.21 bits per heavy atom. The van der Waals surface area contributed by atoms with Gasteiger partial charge >= 0.3 is 10.8 Å². The number of phenols is 1. The molecule has 178 valence electrons. The number of carboxylic acid groups (broad SMARTS) is 1. The van der Waals surface area contributed by atoms with E-state index in [1.807, 2.05) is 6.07 Å². The summed E-state index contributed by atoms with van der Waals surface area (Å²) in [6.45, 7) is 1.37. The first-order valence-electron chi connectivity index (χ1n) is 11.1. The van der Waals surface area contributed by atoms with E-state index in [-0.39, 0.29) is 45.5 Å². The number of rotatable bonds is 4. The van der Waals surface area contributed by atoms with Crippen molar-refractivity contribution in [3.05, 3.63) is 38.3 Å². The number of carbonyl (C=O) groups excluding carboxylic acids is 2. The number of phenolic OH excluding ortho intramolecular Hbond substituents is 1. The van der Waals surface area contributed by atoms with Crippen LogP contribution in [-0.2, 0) is 14.4 Å². The molecule has 3 heterocycles. The number of likely N-dealkylation sites (tertiary alicyclic amines) is 1. The van der Waals surface area contributed by atoms with Crippen LogP contribution in [0.1, 0.15) is 29.7 Å². The number of ether oxygens (including phenoxy) is 1. The van der Waals surface area contributed by atoms with Gasteiger partial charge in [-0.1, -0.05) is 17.4 Å². The summed E-state index contributed by atoms with van der Waals surface area (Å²) in [5, 5.41) is 20.4. The fourth-order valence-electron chi connectivity index (χ4n) is 6.79. The van der Waals surface area contributed by atoms with Gasteiger partial charge in [0.1, 0.15) is 6.04 Å². The topological polar surface area (TPSA) is 137 Å². The third kappa shape index (κ3) is 2.73. The minimum absolute atomic E-state index is 0.00521. The number of carbonyl (C=O) groups is 3. The number of hydrogen-bond acceptors (Lipinski definition) is 8. The van der Waals surface area contributed by atoms with Crippen molar-refractivity contribution in [2.24, 2.45) is 29.6 Å². The number of nitrogens with zero attached hydrogens (tertiary/aromatic N) is 1. The molecule has 2 amide bonds. The van der Waals surface area contributed by atoms with E-state index >= 15 is 0 Å². The third-order valence-electron chi connectivity index (χ3n) is 8.07. The van der Waals surface area contributed by atoms with Crippen LogP contribution < -0.4 is 9.61 Å². The molecular formula is C23H22N2O7S2. The second kappa shape index (κ2) is 7.35. The zero-order valence-electron chi connectivity index (χ0n) is 18.3. The van der Waals surface area contributed by atoms with Crippen LogP contribution in [-0.4, -0.2) is 56.3 Å². The number of amides is 2. The minimum atomic E-state index is -1.20. The van der Waals surface area contributed by atoms with Gasteiger partial charge in [0.2, 0.25) is 11.8 Å². The number of hydrogen-bond donors (Lipinski definition) is 3. The maximum Gasteiger partial charge on any atom is 0.326 e. The quantitative estimate of drug-likeness (QED) is 0.541. The molecule has 1 aromatic heterocycles. The molecule has 0 spiro atoms. The van der Waals surface area contributed by atoms with Gasteiger partial charge in [0, 0.05) is 16.0 Å². The van der Waals surface area contributed by atoms with E-state index in [0.29, 0.717) is 5.75 Å². The number of thiazole rings is 1. The third-order valence-corrected chi connectivity index (χ3v) is 10.7. The predicted molar refractivity (Wildman–Crippen MR) is 122 cm³/mol. The number of carboxylic acids is 1. The highest BCUT2D eigenvalue weighted by Crippen LogP contribution is 2.68. The summed E-state index contributed by atoms with van der Waals surface area (Å²) in [5.74, 6) is -3.10. The van der Waals surface area contributed by atoms with Crippen LogP contribution in [0.3, 0.4) is 0 Å². The van der Waals surface area contributed by atoms with E-state index in [1.165, 1.54) is 14.0 Å². The number of imide groups is 1. The van der Waals surface area contributed by atoms with Gasteiger partial charge in [0.05, 0.1) is 24.0 Å². The summed E-state index contributed by atoms with van der Waals surface area (Å²) in [6.07, 6.45) is 0.718. The van der Waals surface area contributed by atoms with E-state index in [1.54, 1.807) is 23.9 Å². The lowest BCUT2D eigenvalue weighted by Gasteiger charge is -2.43. The summed E-state index contributed by atoms with van der Waals surface area (Å²) < 4.78 is 5.32. The standard InChI is InChI=1S/C23H22N2O7S2/c1-7(22(29)30)25-20(27)15-9-6-10(16(15)21(25)28)17-14(9)13(18-19(33-17)24-23(31)34-18)8-3-4-11(26)12(5-8)32-2/h3-5,7,9-10,13-17,26H,6H2,1-2H3,(H,24,31)(H,29,30)/t7-,9+,10-,13-,14-,15-,16-,17+/m0/s1. The van der Waals surface area contributed by atoms with Crippen molar-refractivity contribution in [3.63, 3.8) is 0 Å². The summed E-state index contributed by atoms with van der Waals surface area (Å²) in [5.41, 5.74) is 0.873. The Kier molecular flexibility index (Phi) is 4.70. The number of nitrogens with one attached hydrogen (secondary N) is 1. The second-order valence-electron chi connectivity index (χ2n) is 9.45. The van der Waals surface area contributed by atoms with Crippen LogP contribution >= 0.6 is 23.1 Å². The molecule has 6 rings (SSSR count). The van der Waals surface area contributed by atoms with Crippen molar-refractivity contribution in [1.82, 2.24) is 9.88 Å². The predicted octanol–water partition coefficient (Wildman–Crippen LogP) is 2.10. The Morgan fingerprint density at radius 3 is 2.59 bits per heavy atom. The molecule has 2 bridgehead atoms. The van der Waals surface area contributed by atoms with Gasteiger partial charge in [-0.3, -0.25) is 19.3 Å². The molecular weight excluding hydrogens is 480 g/mol. The first-order valence-corrected chi connectivity index (χ1v) is 12.8. The summed E-state index contributed by atoms with van der Waals surface area (Å²) in [4.78, 5) is 55.1. The van der Waals surface area contributed by atoms with Crippen LogP contribution in [0, 0.1) is 29.6 Å². The normalized spacial score (nSPS) is 34.1. The van der Waals surface area contributed by atoms with Crippen molar-refractivity contribution in [1.29, 1.82) is 0 Å². The maximum atomic E-state index is 13.4. The van der Waals surface area contributed by atoms with Crippen molar-refractivity contribution < 1.29 is 29.3 Å². The molecule has 3 N–H and O–H groups in total. The van der Waals surface area contributed by atoms with Gasteiger partial charge < -0.3 is 19.9 Å². The molecule has 0 unspecified atom stereocenters. The highest BCUT2D eigenvalue weighted by molar-refractivity contribution is 8.00. The van der Waals surface area contributed by atoms with E-state index in [0.717, 1.165) is 38.1 Å². The van der Waals surface area contributed by atoms with Gasteiger partial charge in [-0.2, -0.15) is 0 Å². The van der Waals surface area contributed by atoms with Crippen LogP contribution in [0.15, 0.2) is 28.0 Å². The lowest BCUT2D eigenvalue weighted by atomic mass is 9.68. The Hall–Kier alpha value is -2.79. The molecule has 9 nitrogen and oxygen atoms in total. The van der Waals surface area contributed by atoms with E-state index in [4.69, 9.17) is 4.74 Å². The fourth-order valence-corrected chi connectivity index (χ4v) is 9.68. The van der Waals surface area contributed by atoms with E-state index in [2.05, 4.69) is 4.98 Å². The number of benzene rings is 1. The molecule has 8 atom stereocenters. The summed E-state index contributed by atoms with van der Waals surface area (Å²) in [7, 11) is 1.47. The average Bonchev–Trinajstić information content (AvgIpc) is 3.52. The highest BCUT2D eigenvalue weighted by Gasteiger charge is 2.70. The molecule has 34 heavy (non-hydrogen) atoms. The Bertz CT molecular complexity index is 1300. The number of aliphatic carboxylic acids is 1. The molecule has 2 saturated carbocycles. The SMILES string of the molecule is COc1cc([C@@H]2c3sc(=O)[nH]c3S[C@@H]3[C@H]4C[C@@H]([C@@H]5C(=O)N([C@@H](C)C(=O)O)C(=O)[C@@H]45)[C@@H]23)ccc1O. The maximum absolute atomic E-state index is 13.4. The summed E-state index contributed by atoms with van der Waals surface area (Å²) >= 11 is 2.71. The van der Waals surface area contributed by atoms with Gasteiger partial charge in [-0.25, -0.2) is 4.79 Å². The zero-order chi connectivity index (χ0) is 24.0. The zero-order valence-corrected chi connectivity index (χ0v) is 19.9. The number of thioether (sulfide) groups is 1. The molecule has 2 aliphatic carbocycles. The van der Waals surface area contributed by atoms with E-state index < -0.39 is 29.8 Å². The lowest BCUT2D eigenvalue weighted by Crippen LogP contribution is -2.44. The van der Waals surface area contributed by atoms with Crippen molar-refractivity contribution in [2.45, 2.75) is 35.6 Å². The number of fused-ring (bicyclic) bond motifs is 9. The van der Waals surface area contributed by atoms with Crippen molar-refractivity contribution >= 4 is 40.9 Å². The smallest absolute Gasteiger partial charge is 0.326 e. The number of methoxy groups -OCH3 is 1. The lowest BCUT2D eigenvalue weighted by molar-refractivity contribution is -0.154. The summed E-state index contributed by atoms with van der Waals surface area (Å²) in [6, 6.07) is 3.95. The molecule has 3 fully saturated rings. The van der Waals surface area contributed by atoms with Crippen LogP contribution in [0.4, 0.5) is 0 Å². The molecule has 2 aromatic rings. The van der Waals surface area contributed by atoms with Crippen LogP contribution in [0.2, 0.25) is 0 Å².